The van der Waals surface area contributed by atoms with Crippen LogP contribution in [0.1, 0.15) is 28.9 Å². The third-order valence-corrected chi connectivity index (χ3v) is 5.68. The second kappa shape index (κ2) is 8.53. The first-order chi connectivity index (χ1) is 12.5. The summed E-state index contributed by atoms with van der Waals surface area (Å²) in [5, 5.41) is 9.53. The topological polar surface area (TPSA) is 96.2 Å². The minimum Gasteiger partial charge on any atom is -0.351 e. The number of primary amides is 1. The lowest BCUT2D eigenvalue weighted by Gasteiger charge is -2.23. The van der Waals surface area contributed by atoms with Crippen molar-refractivity contribution in [3.8, 4) is 10.4 Å². The van der Waals surface area contributed by atoms with Gasteiger partial charge in [0.05, 0.1) is 5.69 Å². The van der Waals surface area contributed by atoms with Gasteiger partial charge in [-0.05, 0) is 43.1 Å². The number of urea groups is 1. The van der Waals surface area contributed by atoms with Crippen LogP contribution in [0.15, 0.2) is 30.3 Å². The van der Waals surface area contributed by atoms with Gasteiger partial charge in [0.15, 0.2) is 0 Å². The number of nitrogens with two attached hydrogens (primary N) is 1. The van der Waals surface area contributed by atoms with E-state index in [0.717, 1.165) is 23.4 Å². The minimum atomic E-state index is -0.701. The Morgan fingerprint density at radius 2 is 2.04 bits per heavy atom. The fourth-order valence-corrected chi connectivity index (χ4v) is 4.10. The maximum Gasteiger partial charge on any atom is 0.316 e. The fourth-order valence-electron chi connectivity index (χ4n) is 2.94. The Labute approximate surface area is 161 Å². The Kier molecular flexibility index (Phi) is 6.13. The molecule has 0 bridgehead atoms. The molecular weight excluding hydrogens is 372 g/mol. The number of rotatable bonds is 5. The summed E-state index contributed by atoms with van der Waals surface area (Å²) in [7, 11) is 0. The van der Waals surface area contributed by atoms with E-state index in [2.05, 4.69) is 16.0 Å². The molecule has 5 N–H and O–H groups in total. The molecule has 2 heterocycles. The van der Waals surface area contributed by atoms with E-state index in [-0.39, 0.29) is 11.9 Å². The summed E-state index contributed by atoms with van der Waals surface area (Å²) < 4.78 is 0. The SMILES string of the molecule is NC(=O)Nc1cc(-c2ccc(Cl)cc2)sc1C(=O)NCC1CCCCN1. The number of amides is 3. The van der Waals surface area contributed by atoms with E-state index < -0.39 is 6.03 Å². The van der Waals surface area contributed by atoms with Crippen molar-refractivity contribution in [1.29, 1.82) is 0 Å². The fraction of sp³-hybridized carbons (Fsp3) is 0.333. The Morgan fingerprint density at radius 3 is 2.69 bits per heavy atom. The molecule has 3 rings (SSSR count). The van der Waals surface area contributed by atoms with E-state index in [1.807, 2.05) is 12.1 Å². The molecule has 1 aromatic carbocycles. The van der Waals surface area contributed by atoms with Crippen molar-refractivity contribution in [1.82, 2.24) is 10.6 Å². The summed E-state index contributed by atoms with van der Waals surface area (Å²) in [5.41, 5.74) is 6.58. The number of hydrogen-bond donors (Lipinski definition) is 4. The molecule has 0 spiro atoms. The van der Waals surface area contributed by atoms with Crippen LogP contribution >= 0.6 is 22.9 Å². The largest absolute Gasteiger partial charge is 0.351 e. The maximum atomic E-state index is 12.6. The predicted octanol–water partition coefficient (Wildman–Crippen LogP) is 3.43. The molecule has 1 unspecified atom stereocenters. The lowest BCUT2D eigenvalue weighted by Crippen LogP contribution is -2.43. The van der Waals surface area contributed by atoms with E-state index in [1.165, 1.54) is 24.2 Å². The average Bonchev–Trinajstić information content (AvgIpc) is 3.04. The quantitative estimate of drug-likeness (QED) is 0.627. The molecule has 2 aromatic rings. The molecule has 1 fully saturated rings. The van der Waals surface area contributed by atoms with Crippen molar-refractivity contribution in [2.24, 2.45) is 5.73 Å². The van der Waals surface area contributed by atoms with Crippen LogP contribution in [-0.2, 0) is 0 Å². The van der Waals surface area contributed by atoms with Gasteiger partial charge in [0.2, 0.25) is 0 Å². The monoisotopic (exact) mass is 392 g/mol. The van der Waals surface area contributed by atoms with Gasteiger partial charge in [-0.3, -0.25) is 4.79 Å². The van der Waals surface area contributed by atoms with Gasteiger partial charge >= 0.3 is 6.03 Å². The molecular formula is C18H21ClN4O2S. The van der Waals surface area contributed by atoms with Gasteiger partial charge in [0.25, 0.3) is 5.91 Å². The molecule has 0 saturated carbocycles. The van der Waals surface area contributed by atoms with Crippen LogP contribution in [0, 0.1) is 0 Å². The highest BCUT2D eigenvalue weighted by Crippen LogP contribution is 2.35. The summed E-state index contributed by atoms with van der Waals surface area (Å²) in [4.78, 5) is 25.2. The number of carbonyl (C=O) groups excluding carboxylic acids is 2. The molecule has 8 heteroatoms. The molecule has 0 aliphatic carbocycles. The molecule has 6 nitrogen and oxygen atoms in total. The first kappa shape index (κ1) is 18.7. The highest BCUT2D eigenvalue weighted by molar-refractivity contribution is 7.18. The smallest absolute Gasteiger partial charge is 0.316 e. The van der Waals surface area contributed by atoms with Gasteiger partial charge in [-0.15, -0.1) is 11.3 Å². The van der Waals surface area contributed by atoms with E-state index in [4.69, 9.17) is 17.3 Å². The minimum absolute atomic E-state index is 0.216. The molecule has 3 amide bonds. The standard InChI is InChI=1S/C18H21ClN4O2S/c19-12-6-4-11(5-7-12)15-9-14(23-18(20)25)16(26-15)17(24)22-10-13-3-1-2-8-21-13/h4-7,9,13,21H,1-3,8,10H2,(H,22,24)(H3,20,23,25). The van der Waals surface area contributed by atoms with Gasteiger partial charge in [0, 0.05) is 22.5 Å². The summed E-state index contributed by atoms with van der Waals surface area (Å²) in [5.74, 6) is -0.216. The molecule has 0 radical (unpaired) electrons. The van der Waals surface area contributed by atoms with Crippen LogP contribution in [0.25, 0.3) is 10.4 Å². The molecule has 1 saturated heterocycles. The van der Waals surface area contributed by atoms with Crippen molar-refractivity contribution in [3.63, 3.8) is 0 Å². The number of hydrogen-bond acceptors (Lipinski definition) is 4. The van der Waals surface area contributed by atoms with E-state index in [0.29, 0.717) is 22.1 Å². The molecule has 1 aliphatic heterocycles. The first-order valence-electron chi connectivity index (χ1n) is 8.51. The van der Waals surface area contributed by atoms with Crippen LogP contribution in [0.5, 0.6) is 0 Å². The number of benzene rings is 1. The second-order valence-electron chi connectivity index (χ2n) is 6.21. The number of piperidine rings is 1. The first-order valence-corrected chi connectivity index (χ1v) is 9.70. The van der Waals surface area contributed by atoms with Crippen molar-refractivity contribution < 1.29 is 9.59 Å². The number of anilines is 1. The lowest BCUT2D eigenvalue weighted by molar-refractivity contribution is 0.0952. The Hall–Kier alpha value is -2.09. The lowest BCUT2D eigenvalue weighted by atomic mass is 10.1. The number of nitrogens with one attached hydrogen (secondary N) is 3. The van der Waals surface area contributed by atoms with Crippen molar-refractivity contribution >= 4 is 40.6 Å². The zero-order chi connectivity index (χ0) is 18.5. The van der Waals surface area contributed by atoms with Crippen LogP contribution < -0.4 is 21.7 Å². The summed E-state index contributed by atoms with van der Waals surface area (Å²) in [6.45, 7) is 1.54. The second-order valence-corrected chi connectivity index (χ2v) is 7.70. The van der Waals surface area contributed by atoms with Gasteiger partial charge in [0.1, 0.15) is 4.88 Å². The molecule has 1 aliphatic rings. The Bertz CT molecular complexity index is 785. The third kappa shape index (κ3) is 4.75. The highest BCUT2D eigenvalue weighted by atomic mass is 35.5. The maximum absolute atomic E-state index is 12.6. The van der Waals surface area contributed by atoms with Gasteiger partial charge < -0.3 is 21.7 Å². The van der Waals surface area contributed by atoms with Crippen molar-refractivity contribution in [2.45, 2.75) is 25.3 Å². The molecule has 26 heavy (non-hydrogen) atoms. The molecule has 138 valence electrons. The number of halogens is 1. The highest BCUT2D eigenvalue weighted by Gasteiger charge is 2.20. The predicted molar refractivity (Wildman–Crippen MR) is 106 cm³/mol. The number of carbonyl (C=O) groups is 2. The molecule has 1 atom stereocenters. The van der Waals surface area contributed by atoms with Gasteiger partial charge in [-0.25, -0.2) is 4.79 Å². The third-order valence-electron chi connectivity index (χ3n) is 4.25. The summed E-state index contributed by atoms with van der Waals surface area (Å²) in [6, 6.07) is 8.65. The normalized spacial score (nSPS) is 16.9. The van der Waals surface area contributed by atoms with Crippen LogP contribution in [0.3, 0.4) is 0 Å². The van der Waals surface area contributed by atoms with Gasteiger partial charge in [-0.1, -0.05) is 30.2 Å². The summed E-state index contributed by atoms with van der Waals surface area (Å²) >= 11 is 7.24. The van der Waals surface area contributed by atoms with Gasteiger partial charge in [-0.2, -0.15) is 0 Å². The Balaban J connectivity index is 1.78. The van der Waals surface area contributed by atoms with Crippen molar-refractivity contribution in [2.75, 3.05) is 18.4 Å². The summed E-state index contributed by atoms with van der Waals surface area (Å²) in [6.07, 6.45) is 3.39. The van der Waals surface area contributed by atoms with Crippen LogP contribution in [-0.4, -0.2) is 31.1 Å². The van der Waals surface area contributed by atoms with Crippen molar-refractivity contribution in [3.05, 3.63) is 40.2 Å². The van der Waals surface area contributed by atoms with E-state index >= 15 is 0 Å². The Morgan fingerprint density at radius 1 is 1.27 bits per heavy atom. The van der Waals surface area contributed by atoms with Crippen LogP contribution in [0.2, 0.25) is 5.02 Å². The number of thiophene rings is 1. The zero-order valence-corrected chi connectivity index (χ0v) is 15.8. The average molecular weight is 393 g/mol. The van der Waals surface area contributed by atoms with E-state index in [1.54, 1.807) is 18.2 Å². The zero-order valence-electron chi connectivity index (χ0n) is 14.2. The molecule has 1 aromatic heterocycles. The van der Waals surface area contributed by atoms with E-state index in [9.17, 15) is 9.59 Å². The van der Waals surface area contributed by atoms with Crippen LogP contribution in [0.4, 0.5) is 10.5 Å².